The monoisotopic (exact) mass is 240 g/mol. The summed E-state index contributed by atoms with van der Waals surface area (Å²) in [5.74, 6) is -0.0893. The molecule has 0 saturated heterocycles. The van der Waals surface area contributed by atoms with Gasteiger partial charge in [0.15, 0.2) is 0 Å². The van der Waals surface area contributed by atoms with Gasteiger partial charge in [0.2, 0.25) is 0 Å². The second-order valence-corrected chi connectivity index (χ2v) is 4.92. The third-order valence-electron chi connectivity index (χ3n) is 3.63. The molecule has 0 aliphatic heterocycles. The van der Waals surface area contributed by atoms with E-state index in [1.807, 2.05) is 6.92 Å². The lowest BCUT2D eigenvalue weighted by Crippen LogP contribution is -2.53. The summed E-state index contributed by atoms with van der Waals surface area (Å²) in [5, 5.41) is 0. The molecule has 0 spiro atoms. The van der Waals surface area contributed by atoms with Crippen LogP contribution in [0.25, 0.3) is 0 Å². The Balaban J connectivity index is 2.91. The van der Waals surface area contributed by atoms with Crippen LogP contribution in [-0.2, 0) is 14.3 Å². The van der Waals surface area contributed by atoms with Crippen LogP contribution in [0.2, 0.25) is 0 Å². The zero-order valence-corrected chi connectivity index (χ0v) is 11.2. The zero-order valence-electron chi connectivity index (χ0n) is 11.2. The van der Waals surface area contributed by atoms with Gasteiger partial charge in [0, 0.05) is 12.7 Å². The van der Waals surface area contributed by atoms with Crippen LogP contribution in [0.4, 0.5) is 0 Å². The van der Waals surface area contributed by atoms with Gasteiger partial charge < -0.3 is 9.47 Å². The molecule has 2 atom stereocenters. The Morgan fingerprint density at radius 2 is 2.24 bits per heavy atom. The molecule has 0 heterocycles. The second kappa shape index (κ2) is 6.20. The fraction of sp³-hybridized carbons (Fsp3) is 0.786. The van der Waals surface area contributed by atoms with Gasteiger partial charge >= 0.3 is 5.97 Å². The number of carbonyl (C=O) groups is 1. The van der Waals surface area contributed by atoms with E-state index in [1.54, 1.807) is 0 Å². The summed E-state index contributed by atoms with van der Waals surface area (Å²) in [6.45, 7) is 10.3. The summed E-state index contributed by atoms with van der Waals surface area (Å²) in [6, 6.07) is 0. The highest BCUT2D eigenvalue weighted by molar-refractivity contribution is 5.81. The molecule has 0 bridgehead atoms. The van der Waals surface area contributed by atoms with Gasteiger partial charge in [0.25, 0.3) is 0 Å². The standard InChI is InChI=1S/C14H24O3/c1-5-13(15)17-14(11(3)4)10-8-7-9-12(14)16-6-2/h5,11-12H,1,6-10H2,2-4H3. The predicted octanol–water partition coefficient (Wildman–Crippen LogP) is 3.09. The number of hydrogen-bond acceptors (Lipinski definition) is 3. The van der Waals surface area contributed by atoms with Gasteiger partial charge in [-0.25, -0.2) is 4.79 Å². The smallest absolute Gasteiger partial charge is 0.330 e. The number of esters is 1. The normalized spacial score (nSPS) is 29.1. The summed E-state index contributed by atoms with van der Waals surface area (Å²) >= 11 is 0. The maximum absolute atomic E-state index is 11.5. The van der Waals surface area contributed by atoms with Crippen LogP contribution in [0, 0.1) is 5.92 Å². The van der Waals surface area contributed by atoms with Crippen LogP contribution >= 0.6 is 0 Å². The van der Waals surface area contributed by atoms with Gasteiger partial charge in [-0.05, 0) is 32.1 Å². The Kier molecular flexibility index (Phi) is 5.19. The molecule has 1 saturated carbocycles. The molecule has 0 amide bonds. The van der Waals surface area contributed by atoms with Crippen molar-refractivity contribution >= 4 is 5.97 Å². The molecular weight excluding hydrogens is 216 g/mol. The fourth-order valence-corrected chi connectivity index (χ4v) is 2.69. The van der Waals surface area contributed by atoms with Gasteiger partial charge in [-0.15, -0.1) is 0 Å². The van der Waals surface area contributed by atoms with E-state index in [-0.39, 0.29) is 18.0 Å². The van der Waals surface area contributed by atoms with E-state index in [1.165, 1.54) is 6.08 Å². The van der Waals surface area contributed by atoms with Crippen LogP contribution in [0.1, 0.15) is 46.5 Å². The molecule has 1 fully saturated rings. The fourth-order valence-electron chi connectivity index (χ4n) is 2.69. The van der Waals surface area contributed by atoms with Crippen LogP contribution in [0.15, 0.2) is 12.7 Å². The first kappa shape index (κ1) is 14.2. The van der Waals surface area contributed by atoms with Crippen molar-refractivity contribution in [3.63, 3.8) is 0 Å². The highest BCUT2D eigenvalue weighted by Gasteiger charge is 2.47. The highest BCUT2D eigenvalue weighted by Crippen LogP contribution is 2.39. The third kappa shape index (κ3) is 3.09. The van der Waals surface area contributed by atoms with Crippen molar-refractivity contribution in [1.82, 2.24) is 0 Å². The molecule has 2 unspecified atom stereocenters. The topological polar surface area (TPSA) is 35.5 Å². The summed E-state index contributed by atoms with van der Waals surface area (Å²) in [7, 11) is 0. The predicted molar refractivity (Wildman–Crippen MR) is 67.7 cm³/mol. The molecule has 1 aliphatic carbocycles. The molecule has 0 aromatic heterocycles. The van der Waals surface area contributed by atoms with E-state index in [4.69, 9.17) is 9.47 Å². The molecule has 98 valence electrons. The SMILES string of the molecule is C=CC(=O)OC1(C(C)C)CCCCC1OCC. The third-order valence-corrected chi connectivity index (χ3v) is 3.63. The minimum atomic E-state index is -0.473. The van der Waals surface area contributed by atoms with Crippen LogP contribution in [0.5, 0.6) is 0 Å². The van der Waals surface area contributed by atoms with E-state index >= 15 is 0 Å². The summed E-state index contributed by atoms with van der Waals surface area (Å²) in [6.07, 6.45) is 5.34. The lowest BCUT2D eigenvalue weighted by atomic mass is 9.74. The molecule has 3 heteroatoms. The minimum Gasteiger partial charge on any atom is -0.453 e. The minimum absolute atomic E-state index is 0.0187. The number of rotatable bonds is 5. The van der Waals surface area contributed by atoms with Crippen molar-refractivity contribution in [2.45, 2.75) is 58.2 Å². The van der Waals surface area contributed by atoms with Gasteiger partial charge in [-0.3, -0.25) is 0 Å². The maximum Gasteiger partial charge on any atom is 0.330 e. The van der Waals surface area contributed by atoms with Gasteiger partial charge in [0.1, 0.15) is 5.60 Å². The van der Waals surface area contributed by atoms with Gasteiger partial charge in [-0.2, -0.15) is 0 Å². The first-order valence-electron chi connectivity index (χ1n) is 6.53. The number of ether oxygens (including phenoxy) is 2. The Morgan fingerprint density at radius 3 is 2.76 bits per heavy atom. The van der Waals surface area contributed by atoms with E-state index < -0.39 is 5.60 Å². The van der Waals surface area contributed by atoms with Crippen molar-refractivity contribution in [2.24, 2.45) is 5.92 Å². The first-order chi connectivity index (χ1) is 8.06. The molecule has 0 aromatic rings. The second-order valence-electron chi connectivity index (χ2n) is 4.92. The van der Waals surface area contributed by atoms with Crippen molar-refractivity contribution in [3.8, 4) is 0 Å². The average Bonchev–Trinajstić information content (AvgIpc) is 2.31. The molecule has 0 N–H and O–H groups in total. The van der Waals surface area contributed by atoms with E-state index in [0.29, 0.717) is 6.61 Å². The molecule has 3 nitrogen and oxygen atoms in total. The molecule has 1 rings (SSSR count). The van der Waals surface area contributed by atoms with Crippen molar-refractivity contribution in [2.75, 3.05) is 6.61 Å². The average molecular weight is 240 g/mol. The highest BCUT2D eigenvalue weighted by atomic mass is 16.6. The number of carbonyl (C=O) groups excluding carboxylic acids is 1. The lowest BCUT2D eigenvalue weighted by molar-refractivity contribution is -0.194. The van der Waals surface area contributed by atoms with E-state index in [0.717, 1.165) is 25.7 Å². The molecule has 0 radical (unpaired) electrons. The summed E-state index contributed by atoms with van der Waals surface area (Å²) in [5.41, 5.74) is -0.473. The van der Waals surface area contributed by atoms with Crippen molar-refractivity contribution in [3.05, 3.63) is 12.7 Å². The van der Waals surface area contributed by atoms with Crippen molar-refractivity contribution < 1.29 is 14.3 Å². The van der Waals surface area contributed by atoms with Crippen molar-refractivity contribution in [1.29, 1.82) is 0 Å². The Labute approximate surface area is 104 Å². The Bertz CT molecular complexity index is 271. The largest absolute Gasteiger partial charge is 0.453 e. The Hall–Kier alpha value is -0.830. The molecular formula is C14H24O3. The van der Waals surface area contributed by atoms with Gasteiger partial charge in [-0.1, -0.05) is 26.8 Å². The van der Waals surface area contributed by atoms with E-state index in [2.05, 4.69) is 20.4 Å². The first-order valence-corrected chi connectivity index (χ1v) is 6.53. The Morgan fingerprint density at radius 1 is 1.53 bits per heavy atom. The molecule has 17 heavy (non-hydrogen) atoms. The quantitative estimate of drug-likeness (QED) is 0.547. The summed E-state index contributed by atoms with van der Waals surface area (Å²) < 4.78 is 11.5. The van der Waals surface area contributed by atoms with E-state index in [9.17, 15) is 4.79 Å². The number of hydrogen-bond donors (Lipinski definition) is 0. The van der Waals surface area contributed by atoms with Gasteiger partial charge in [0.05, 0.1) is 6.10 Å². The van der Waals surface area contributed by atoms with Crippen LogP contribution in [0.3, 0.4) is 0 Å². The van der Waals surface area contributed by atoms with Crippen LogP contribution < -0.4 is 0 Å². The molecule has 0 aromatic carbocycles. The zero-order chi connectivity index (χ0) is 12.9. The summed E-state index contributed by atoms with van der Waals surface area (Å²) in [4.78, 5) is 11.5. The maximum atomic E-state index is 11.5. The van der Waals surface area contributed by atoms with Crippen LogP contribution in [-0.4, -0.2) is 24.3 Å². The molecule has 1 aliphatic rings. The lowest BCUT2D eigenvalue weighted by Gasteiger charge is -2.45.